The average Bonchev–Trinajstić information content (AvgIpc) is 3.05. The number of nitrogens with zero attached hydrogens (tertiary/aromatic N) is 3. The van der Waals surface area contributed by atoms with Crippen molar-refractivity contribution in [1.29, 1.82) is 0 Å². The van der Waals surface area contributed by atoms with Gasteiger partial charge in [-0.25, -0.2) is 4.39 Å². The molecule has 3 aromatic rings. The second kappa shape index (κ2) is 7.44. The van der Waals surface area contributed by atoms with Gasteiger partial charge in [-0.15, -0.1) is 0 Å². The Morgan fingerprint density at radius 3 is 2.76 bits per heavy atom. The minimum absolute atomic E-state index is 0.279. The summed E-state index contributed by atoms with van der Waals surface area (Å²) in [6.07, 6.45) is 0. The van der Waals surface area contributed by atoms with Crippen molar-refractivity contribution < 1.29 is 13.7 Å². The van der Waals surface area contributed by atoms with E-state index in [4.69, 9.17) is 9.26 Å². The molecule has 0 atom stereocenters. The molecule has 0 bridgehead atoms. The van der Waals surface area contributed by atoms with Gasteiger partial charge in [0.2, 0.25) is 11.7 Å². The zero-order chi connectivity index (χ0) is 17.8. The molecule has 6 heteroatoms. The molecule has 3 rings (SSSR count). The molecule has 5 nitrogen and oxygen atoms in total. The standard InChI is InChI=1S/C19H20FN3O2/c1-13-7-8-15(10-17(13)20)19-21-18(25-22-19)12-23(2)11-14-5-4-6-16(9-14)24-3/h4-10H,11-12H2,1-3H3. The van der Waals surface area contributed by atoms with E-state index in [1.54, 1.807) is 26.2 Å². The minimum atomic E-state index is -0.279. The average molecular weight is 341 g/mol. The molecule has 0 spiro atoms. The summed E-state index contributed by atoms with van der Waals surface area (Å²) in [6.45, 7) is 2.93. The number of hydrogen-bond acceptors (Lipinski definition) is 5. The fraction of sp³-hybridized carbons (Fsp3) is 0.263. The van der Waals surface area contributed by atoms with Crippen LogP contribution < -0.4 is 4.74 Å². The molecule has 0 amide bonds. The van der Waals surface area contributed by atoms with Crippen LogP contribution in [0.5, 0.6) is 5.75 Å². The van der Waals surface area contributed by atoms with E-state index in [-0.39, 0.29) is 5.82 Å². The predicted molar refractivity (Wildman–Crippen MR) is 92.6 cm³/mol. The van der Waals surface area contributed by atoms with E-state index in [9.17, 15) is 4.39 Å². The van der Waals surface area contributed by atoms with Gasteiger partial charge in [0.15, 0.2) is 0 Å². The molecule has 0 fully saturated rings. The highest BCUT2D eigenvalue weighted by atomic mass is 19.1. The molecule has 0 N–H and O–H groups in total. The van der Waals surface area contributed by atoms with Crippen LogP contribution in [0.4, 0.5) is 4.39 Å². The molecule has 0 radical (unpaired) electrons. The molecular weight excluding hydrogens is 321 g/mol. The highest BCUT2D eigenvalue weighted by Gasteiger charge is 2.12. The molecule has 1 aromatic heterocycles. The molecule has 2 aromatic carbocycles. The van der Waals surface area contributed by atoms with Crippen molar-refractivity contribution in [1.82, 2.24) is 15.0 Å². The van der Waals surface area contributed by atoms with Crippen molar-refractivity contribution in [3.05, 3.63) is 65.3 Å². The maximum absolute atomic E-state index is 13.7. The van der Waals surface area contributed by atoms with Crippen molar-refractivity contribution >= 4 is 0 Å². The SMILES string of the molecule is COc1cccc(CN(C)Cc2nc(-c3ccc(C)c(F)c3)no2)c1. The smallest absolute Gasteiger partial charge is 0.241 e. The largest absolute Gasteiger partial charge is 0.497 e. The summed E-state index contributed by atoms with van der Waals surface area (Å²) in [4.78, 5) is 6.41. The lowest BCUT2D eigenvalue weighted by Gasteiger charge is -2.14. The summed E-state index contributed by atoms with van der Waals surface area (Å²) in [5.74, 6) is 1.43. The number of ether oxygens (including phenoxy) is 1. The van der Waals surface area contributed by atoms with E-state index < -0.39 is 0 Å². The molecule has 1 heterocycles. The summed E-state index contributed by atoms with van der Waals surface area (Å²) in [5, 5.41) is 3.95. The zero-order valence-electron chi connectivity index (χ0n) is 14.5. The number of rotatable bonds is 6. The Hall–Kier alpha value is -2.73. The maximum Gasteiger partial charge on any atom is 0.241 e. The van der Waals surface area contributed by atoms with Gasteiger partial charge >= 0.3 is 0 Å². The van der Waals surface area contributed by atoms with Gasteiger partial charge < -0.3 is 9.26 Å². The van der Waals surface area contributed by atoms with Gasteiger partial charge in [0, 0.05) is 12.1 Å². The molecule has 25 heavy (non-hydrogen) atoms. The van der Waals surface area contributed by atoms with Gasteiger partial charge in [0.05, 0.1) is 13.7 Å². The van der Waals surface area contributed by atoms with Crippen LogP contribution in [-0.4, -0.2) is 29.2 Å². The molecule has 0 saturated heterocycles. The van der Waals surface area contributed by atoms with E-state index in [2.05, 4.69) is 15.0 Å². The topological polar surface area (TPSA) is 51.4 Å². The zero-order valence-corrected chi connectivity index (χ0v) is 14.5. The van der Waals surface area contributed by atoms with Crippen LogP contribution in [0.1, 0.15) is 17.0 Å². The molecule has 0 saturated carbocycles. The Morgan fingerprint density at radius 2 is 2.00 bits per heavy atom. The van der Waals surface area contributed by atoms with Gasteiger partial charge in [-0.3, -0.25) is 4.90 Å². The normalized spacial score (nSPS) is 11.1. The molecular formula is C19H20FN3O2. The van der Waals surface area contributed by atoms with Crippen molar-refractivity contribution in [2.75, 3.05) is 14.2 Å². The number of benzene rings is 2. The van der Waals surface area contributed by atoms with Gasteiger partial charge in [-0.2, -0.15) is 4.98 Å². The molecule has 130 valence electrons. The first-order valence-electron chi connectivity index (χ1n) is 7.96. The summed E-state index contributed by atoms with van der Waals surface area (Å²) in [5.41, 5.74) is 2.32. The van der Waals surface area contributed by atoms with Crippen molar-refractivity contribution in [2.45, 2.75) is 20.0 Å². The summed E-state index contributed by atoms with van der Waals surface area (Å²) in [7, 11) is 3.62. The Kier molecular flexibility index (Phi) is 5.09. The van der Waals surface area contributed by atoms with E-state index in [1.165, 1.54) is 6.07 Å². The Bertz CT molecular complexity index is 863. The van der Waals surface area contributed by atoms with Crippen LogP contribution >= 0.6 is 0 Å². The van der Waals surface area contributed by atoms with Crippen LogP contribution in [0.2, 0.25) is 0 Å². The van der Waals surface area contributed by atoms with Crippen molar-refractivity contribution in [2.24, 2.45) is 0 Å². The molecule has 0 aliphatic heterocycles. The minimum Gasteiger partial charge on any atom is -0.497 e. The Labute approximate surface area is 146 Å². The van der Waals surface area contributed by atoms with Crippen LogP contribution in [-0.2, 0) is 13.1 Å². The highest BCUT2D eigenvalue weighted by Crippen LogP contribution is 2.20. The highest BCUT2D eigenvalue weighted by molar-refractivity contribution is 5.54. The van der Waals surface area contributed by atoms with E-state index in [1.807, 2.05) is 31.3 Å². The van der Waals surface area contributed by atoms with Crippen LogP contribution in [0.15, 0.2) is 47.0 Å². The van der Waals surface area contributed by atoms with Gasteiger partial charge in [0.1, 0.15) is 11.6 Å². The third-order valence-corrected chi connectivity index (χ3v) is 3.89. The predicted octanol–water partition coefficient (Wildman–Crippen LogP) is 3.82. The first-order chi connectivity index (χ1) is 12.0. The number of aromatic nitrogens is 2. The second-order valence-corrected chi connectivity index (χ2v) is 6.00. The van der Waals surface area contributed by atoms with Gasteiger partial charge in [-0.1, -0.05) is 29.4 Å². The molecule has 0 aliphatic rings. The first kappa shape index (κ1) is 17.1. The van der Waals surface area contributed by atoms with E-state index in [0.717, 1.165) is 11.3 Å². The van der Waals surface area contributed by atoms with Crippen molar-refractivity contribution in [3.8, 4) is 17.1 Å². The lowest BCUT2D eigenvalue weighted by atomic mass is 10.1. The van der Waals surface area contributed by atoms with Crippen LogP contribution in [0.3, 0.4) is 0 Å². The number of hydrogen-bond donors (Lipinski definition) is 0. The van der Waals surface area contributed by atoms with E-state index >= 15 is 0 Å². The molecule has 0 aliphatic carbocycles. The quantitative estimate of drug-likeness (QED) is 0.682. The fourth-order valence-electron chi connectivity index (χ4n) is 2.54. The summed E-state index contributed by atoms with van der Waals surface area (Å²) >= 11 is 0. The monoisotopic (exact) mass is 341 g/mol. The maximum atomic E-state index is 13.7. The van der Waals surface area contributed by atoms with Crippen LogP contribution in [0.25, 0.3) is 11.4 Å². The van der Waals surface area contributed by atoms with Gasteiger partial charge in [-0.05, 0) is 43.3 Å². The number of aryl methyl sites for hydroxylation is 1. The third kappa shape index (κ3) is 4.22. The Balaban J connectivity index is 1.67. The van der Waals surface area contributed by atoms with E-state index in [0.29, 0.717) is 35.9 Å². The van der Waals surface area contributed by atoms with Crippen LogP contribution in [0, 0.1) is 12.7 Å². The Morgan fingerprint density at radius 1 is 1.16 bits per heavy atom. The number of halogens is 1. The molecule has 0 unspecified atom stereocenters. The van der Waals surface area contributed by atoms with Gasteiger partial charge in [0.25, 0.3) is 0 Å². The fourth-order valence-corrected chi connectivity index (χ4v) is 2.54. The summed E-state index contributed by atoms with van der Waals surface area (Å²) in [6, 6.07) is 12.8. The van der Waals surface area contributed by atoms with Crippen molar-refractivity contribution in [3.63, 3.8) is 0 Å². The third-order valence-electron chi connectivity index (χ3n) is 3.89. The second-order valence-electron chi connectivity index (χ2n) is 6.00. The summed E-state index contributed by atoms with van der Waals surface area (Å²) < 4.78 is 24.2. The lowest BCUT2D eigenvalue weighted by molar-refractivity contribution is 0.260. The lowest BCUT2D eigenvalue weighted by Crippen LogP contribution is -2.17. The first-order valence-corrected chi connectivity index (χ1v) is 7.96. The number of methoxy groups -OCH3 is 1.